The Bertz CT molecular complexity index is 299. The van der Waals surface area contributed by atoms with Crippen molar-refractivity contribution in [3.8, 4) is 0 Å². The first-order valence-corrected chi connectivity index (χ1v) is 7.12. The number of nitrogens with zero attached hydrogens (tertiary/aromatic N) is 2. The van der Waals surface area contributed by atoms with Gasteiger partial charge in [-0.25, -0.2) is 4.99 Å². The highest BCUT2D eigenvalue weighted by molar-refractivity contribution is 5.77. The second-order valence-electron chi connectivity index (χ2n) is 6.72. The van der Waals surface area contributed by atoms with Gasteiger partial charge in [0.25, 0.3) is 0 Å². The molecule has 1 saturated carbocycles. The summed E-state index contributed by atoms with van der Waals surface area (Å²) >= 11 is 0. The lowest BCUT2D eigenvalue weighted by atomic mass is 9.75. The Morgan fingerprint density at radius 3 is 2.53 bits per heavy atom. The smallest absolute Gasteiger partial charge is 0.109 e. The molecule has 96 valence electrons. The Hall–Kier alpha value is -0.660. The van der Waals surface area contributed by atoms with Gasteiger partial charge < -0.3 is 0 Å². The molecule has 0 N–H and O–H groups in total. The van der Waals surface area contributed by atoms with Crippen LogP contribution in [0.2, 0.25) is 0 Å². The van der Waals surface area contributed by atoms with E-state index in [1.165, 1.54) is 38.5 Å². The summed E-state index contributed by atoms with van der Waals surface area (Å²) in [7, 11) is 0. The van der Waals surface area contributed by atoms with Crippen LogP contribution >= 0.6 is 0 Å². The quantitative estimate of drug-likeness (QED) is 0.603. The number of hydrogen-bond donors (Lipinski definition) is 0. The van der Waals surface area contributed by atoms with E-state index in [4.69, 9.17) is 0 Å². The number of rotatable bonds is 0. The van der Waals surface area contributed by atoms with Gasteiger partial charge in [0.1, 0.15) is 6.34 Å². The van der Waals surface area contributed by atoms with Crippen LogP contribution in [0.25, 0.3) is 0 Å². The third kappa shape index (κ3) is 3.40. The van der Waals surface area contributed by atoms with Gasteiger partial charge in [-0.05, 0) is 37.0 Å². The molecule has 0 saturated heterocycles. The van der Waals surface area contributed by atoms with Gasteiger partial charge in [-0.1, -0.05) is 33.6 Å². The second-order valence-corrected chi connectivity index (χ2v) is 6.72. The van der Waals surface area contributed by atoms with Crippen molar-refractivity contribution in [3.63, 3.8) is 0 Å². The summed E-state index contributed by atoms with van der Waals surface area (Å²) in [6.07, 6.45) is 11.9. The highest BCUT2D eigenvalue weighted by atomic mass is 14.9. The zero-order valence-electron chi connectivity index (χ0n) is 11.5. The molecule has 2 rings (SSSR count). The highest BCUT2D eigenvalue weighted by Crippen LogP contribution is 2.37. The molecule has 2 aliphatic rings. The van der Waals surface area contributed by atoms with Gasteiger partial charge in [0, 0.05) is 12.1 Å². The highest BCUT2D eigenvalue weighted by Gasteiger charge is 2.29. The molecule has 2 heteroatoms. The molecule has 0 spiro atoms. The van der Waals surface area contributed by atoms with Gasteiger partial charge in [0.05, 0.1) is 6.04 Å². The first-order chi connectivity index (χ1) is 8.07. The maximum atomic E-state index is 4.56. The van der Waals surface area contributed by atoms with Crippen molar-refractivity contribution in [1.29, 1.82) is 0 Å². The number of aliphatic imine (C=N–C) groups is 2. The van der Waals surface area contributed by atoms with Crippen LogP contribution in [-0.2, 0) is 0 Å². The lowest BCUT2D eigenvalue weighted by Gasteiger charge is -2.31. The SMILES string of the molecule is CC(C)(C)C1CCCCC2N=CN=CC2CC1. The van der Waals surface area contributed by atoms with Crippen molar-refractivity contribution >= 4 is 12.6 Å². The van der Waals surface area contributed by atoms with Gasteiger partial charge in [-0.3, -0.25) is 4.99 Å². The standard InChI is InChI=1S/C15H26N2/c1-15(2,3)13-6-4-5-7-14-12(8-9-13)10-16-11-17-14/h10-14H,4-9H2,1-3H3. The van der Waals surface area contributed by atoms with Crippen molar-refractivity contribution < 1.29 is 0 Å². The normalized spacial score (nSPS) is 34.6. The Kier molecular flexibility index (Phi) is 4.01. The number of hydrogen-bond acceptors (Lipinski definition) is 2. The fourth-order valence-corrected chi connectivity index (χ4v) is 3.19. The average molecular weight is 234 g/mol. The minimum absolute atomic E-state index is 0.453. The largest absolute Gasteiger partial charge is 0.270 e. The van der Waals surface area contributed by atoms with Crippen LogP contribution in [0.15, 0.2) is 9.98 Å². The molecule has 3 unspecified atom stereocenters. The van der Waals surface area contributed by atoms with E-state index in [1.807, 2.05) is 0 Å². The predicted octanol–water partition coefficient (Wildman–Crippen LogP) is 4.10. The fraction of sp³-hybridized carbons (Fsp3) is 0.867. The molecule has 2 nitrogen and oxygen atoms in total. The van der Waals surface area contributed by atoms with E-state index < -0.39 is 0 Å². The van der Waals surface area contributed by atoms with E-state index in [1.54, 1.807) is 6.34 Å². The van der Waals surface area contributed by atoms with Gasteiger partial charge in [-0.15, -0.1) is 0 Å². The van der Waals surface area contributed by atoms with Gasteiger partial charge in [-0.2, -0.15) is 0 Å². The second kappa shape index (κ2) is 5.32. The molecule has 0 aromatic heterocycles. The zero-order chi connectivity index (χ0) is 12.3. The van der Waals surface area contributed by atoms with Crippen molar-refractivity contribution in [3.05, 3.63) is 0 Å². The van der Waals surface area contributed by atoms with Crippen LogP contribution in [0.5, 0.6) is 0 Å². The molecule has 1 aliphatic heterocycles. The van der Waals surface area contributed by atoms with Crippen LogP contribution in [0.3, 0.4) is 0 Å². The molecule has 1 aliphatic carbocycles. The minimum Gasteiger partial charge on any atom is -0.270 e. The maximum Gasteiger partial charge on any atom is 0.109 e. The summed E-state index contributed by atoms with van der Waals surface area (Å²) in [6, 6.07) is 0.520. The molecular formula is C15H26N2. The molecule has 0 amide bonds. The maximum absolute atomic E-state index is 4.56. The molecule has 17 heavy (non-hydrogen) atoms. The van der Waals surface area contributed by atoms with Crippen LogP contribution in [0.4, 0.5) is 0 Å². The summed E-state index contributed by atoms with van der Waals surface area (Å²) in [4.78, 5) is 8.79. The summed E-state index contributed by atoms with van der Waals surface area (Å²) in [5.74, 6) is 1.46. The molecule has 0 aromatic rings. The lowest BCUT2D eigenvalue weighted by molar-refractivity contribution is 0.202. The first kappa shape index (κ1) is 12.8. The van der Waals surface area contributed by atoms with Crippen LogP contribution in [-0.4, -0.2) is 18.6 Å². The molecular weight excluding hydrogens is 208 g/mol. The molecule has 1 fully saturated rings. The van der Waals surface area contributed by atoms with E-state index >= 15 is 0 Å². The van der Waals surface area contributed by atoms with E-state index in [2.05, 4.69) is 37.0 Å². The first-order valence-electron chi connectivity index (χ1n) is 7.12. The van der Waals surface area contributed by atoms with Crippen molar-refractivity contribution in [2.24, 2.45) is 27.2 Å². The average Bonchev–Trinajstić information content (AvgIpc) is 2.37. The summed E-state index contributed by atoms with van der Waals surface area (Å²) in [5.41, 5.74) is 0.453. The Morgan fingerprint density at radius 1 is 1.00 bits per heavy atom. The van der Waals surface area contributed by atoms with E-state index in [9.17, 15) is 0 Å². The van der Waals surface area contributed by atoms with E-state index in [0.717, 1.165) is 5.92 Å². The van der Waals surface area contributed by atoms with Crippen LogP contribution in [0, 0.1) is 17.3 Å². The molecule has 3 atom stereocenters. The fourth-order valence-electron chi connectivity index (χ4n) is 3.19. The Balaban J connectivity index is 2.02. The monoisotopic (exact) mass is 234 g/mol. The Morgan fingerprint density at radius 2 is 1.76 bits per heavy atom. The molecule has 0 bridgehead atoms. The lowest BCUT2D eigenvalue weighted by Crippen LogP contribution is -2.25. The summed E-state index contributed by atoms with van der Waals surface area (Å²) in [6.45, 7) is 7.17. The van der Waals surface area contributed by atoms with Gasteiger partial charge in [0.2, 0.25) is 0 Å². The zero-order valence-corrected chi connectivity index (χ0v) is 11.5. The van der Waals surface area contributed by atoms with Gasteiger partial charge >= 0.3 is 0 Å². The Labute approximate surface area is 106 Å². The third-order valence-corrected chi connectivity index (χ3v) is 4.47. The van der Waals surface area contributed by atoms with Crippen molar-refractivity contribution in [2.45, 2.75) is 65.3 Å². The van der Waals surface area contributed by atoms with E-state index in [0.29, 0.717) is 17.4 Å². The molecule has 0 aromatic carbocycles. The molecule has 1 heterocycles. The summed E-state index contributed by atoms with van der Waals surface area (Å²) in [5, 5.41) is 0. The summed E-state index contributed by atoms with van der Waals surface area (Å²) < 4.78 is 0. The minimum atomic E-state index is 0.453. The predicted molar refractivity (Wildman–Crippen MR) is 74.9 cm³/mol. The van der Waals surface area contributed by atoms with Crippen LogP contribution in [0.1, 0.15) is 59.3 Å². The van der Waals surface area contributed by atoms with Crippen molar-refractivity contribution in [1.82, 2.24) is 0 Å². The van der Waals surface area contributed by atoms with Crippen molar-refractivity contribution in [2.75, 3.05) is 0 Å². The topological polar surface area (TPSA) is 24.7 Å². The molecule has 0 radical (unpaired) electrons. The number of fused-ring (bicyclic) bond motifs is 1. The van der Waals surface area contributed by atoms with E-state index in [-0.39, 0.29) is 0 Å². The third-order valence-electron chi connectivity index (χ3n) is 4.47. The van der Waals surface area contributed by atoms with Crippen LogP contribution < -0.4 is 0 Å². The van der Waals surface area contributed by atoms with Gasteiger partial charge in [0.15, 0.2) is 0 Å².